The average Bonchev–Trinajstić information content (AvgIpc) is 2.38. The van der Waals surface area contributed by atoms with Crippen molar-refractivity contribution in [2.24, 2.45) is 0 Å². The zero-order chi connectivity index (χ0) is 13.4. The van der Waals surface area contributed by atoms with Crippen molar-refractivity contribution < 1.29 is 8.78 Å². The van der Waals surface area contributed by atoms with Crippen LogP contribution in [0.1, 0.15) is 45.1 Å². The molecule has 0 aromatic heterocycles. The molecular formula is C15H23F2N. The molecular weight excluding hydrogens is 232 g/mol. The Morgan fingerprint density at radius 1 is 1.17 bits per heavy atom. The molecule has 0 fully saturated rings. The van der Waals surface area contributed by atoms with Crippen molar-refractivity contribution in [1.29, 1.82) is 0 Å². The molecule has 1 nitrogen and oxygen atoms in total. The third-order valence-electron chi connectivity index (χ3n) is 3.09. The Balaban J connectivity index is 2.65. The molecule has 0 aliphatic carbocycles. The van der Waals surface area contributed by atoms with E-state index in [1.54, 1.807) is 12.1 Å². The smallest absolute Gasteiger partial charge is 0.162 e. The molecule has 18 heavy (non-hydrogen) atoms. The summed E-state index contributed by atoms with van der Waals surface area (Å²) in [6.45, 7) is 5.16. The van der Waals surface area contributed by atoms with Crippen molar-refractivity contribution in [2.75, 3.05) is 6.54 Å². The van der Waals surface area contributed by atoms with Crippen LogP contribution >= 0.6 is 0 Å². The van der Waals surface area contributed by atoms with Gasteiger partial charge < -0.3 is 5.32 Å². The first-order chi connectivity index (χ1) is 8.69. The Morgan fingerprint density at radius 3 is 2.61 bits per heavy atom. The first-order valence-electron chi connectivity index (χ1n) is 6.85. The maximum Gasteiger partial charge on any atom is 0.162 e. The van der Waals surface area contributed by atoms with Crippen molar-refractivity contribution >= 4 is 0 Å². The molecule has 1 aromatic rings. The summed E-state index contributed by atoms with van der Waals surface area (Å²) in [5, 5.41) is 3.41. The van der Waals surface area contributed by atoms with Crippen LogP contribution in [-0.2, 0) is 6.42 Å². The van der Waals surface area contributed by atoms with Crippen LogP contribution in [0.4, 0.5) is 8.78 Å². The minimum Gasteiger partial charge on any atom is -0.314 e. The second kappa shape index (κ2) is 8.20. The van der Waals surface area contributed by atoms with Crippen LogP contribution in [0, 0.1) is 11.6 Å². The van der Waals surface area contributed by atoms with Gasteiger partial charge in [0.1, 0.15) is 0 Å². The third kappa shape index (κ3) is 4.73. The van der Waals surface area contributed by atoms with Gasteiger partial charge >= 0.3 is 0 Å². The van der Waals surface area contributed by atoms with Crippen LogP contribution in [-0.4, -0.2) is 12.6 Å². The molecule has 3 heteroatoms. The summed E-state index contributed by atoms with van der Waals surface area (Å²) in [5.41, 5.74) is 0.472. The summed E-state index contributed by atoms with van der Waals surface area (Å²) in [5.74, 6) is -1.45. The minimum atomic E-state index is -0.753. The molecule has 0 radical (unpaired) electrons. The number of halogens is 2. The van der Waals surface area contributed by atoms with E-state index in [0.29, 0.717) is 12.0 Å². The molecule has 1 atom stereocenters. The Bertz CT molecular complexity index is 344. The van der Waals surface area contributed by atoms with E-state index in [0.717, 1.165) is 32.2 Å². The fourth-order valence-corrected chi connectivity index (χ4v) is 2.05. The molecule has 0 bridgehead atoms. The maximum atomic E-state index is 13.6. The number of unbranched alkanes of at least 4 members (excludes halogenated alkanes) is 1. The molecule has 1 N–H and O–H groups in total. The first-order valence-corrected chi connectivity index (χ1v) is 6.85. The van der Waals surface area contributed by atoms with Gasteiger partial charge in [0.05, 0.1) is 0 Å². The van der Waals surface area contributed by atoms with E-state index < -0.39 is 11.6 Å². The molecule has 0 amide bonds. The van der Waals surface area contributed by atoms with E-state index in [4.69, 9.17) is 0 Å². The van der Waals surface area contributed by atoms with E-state index in [-0.39, 0.29) is 6.04 Å². The van der Waals surface area contributed by atoms with Crippen molar-refractivity contribution in [3.63, 3.8) is 0 Å². The van der Waals surface area contributed by atoms with Crippen molar-refractivity contribution in [3.05, 3.63) is 35.4 Å². The van der Waals surface area contributed by atoms with E-state index in [9.17, 15) is 8.78 Å². The van der Waals surface area contributed by atoms with E-state index in [2.05, 4.69) is 19.2 Å². The SMILES string of the molecule is CCCCC(Cc1cccc(F)c1F)NCCC. The van der Waals surface area contributed by atoms with Gasteiger partial charge in [-0.2, -0.15) is 0 Å². The van der Waals surface area contributed by atoms with Crippen LogP contribution in [0.15, 0.2) is 18.2 Å². The molecule has 1 rings (SSSR count). The van der Waals surface area contributed by atoms with Crippen molar-refractivity contribution in [3.8, 4) is 0 Å². The Morgan fingerprint density at radius 2 is 1.94 bits per heavy atom. The number of hydrogen-bond acceptors (Lipinski definition) is 1. The number of rotatable bonds is 8. The van der Waals surface area contributed by atoms with E-state index in [1.807, 2.05) is 0 Å². The second-order valence-electron chi connectivity index (χ2n) is 4.71. The lowest BCUT2D eigenvalue weighted by Crippen LogP contribution is -2.32. The molecule has 102 valence electrons. The summed E-state index contributed by atoms with van der Waals surface area (Å²) in [4.78, 5) is 0. The van der Waals surface area contributed by atoms with Crippen molar-refractivity contribution in [1.82, 2.24) is 5.32 Å². The molecule has 0 saturated heterocycles. The standard InChI is InChI=1S/C15H23F2N/c1-3-5-8-13(18-10-4-2)11-12-7-6-9-14(16)15(12)17/h6-7,9,13,18H,3-5,8,10-11H2,1-2H3. The highest BCUT2D eigenvalue weighted by atomic mass is 19.2. The molecule has 1 unspecified atom stereocenters. The minimum absolute atomic E-state index is 0.237. The van der Waals surface area contributed by atoms with Gasteiger partial charge in [0, 0.05) is 6.04 Å². The number of benzene rings is 1. The highest BCUT2D eigenvalue weighted by molar-refractivity contribution is 5.20. The maximum absolute atomic E-state index is 13.6. The zero-order valence-electron chi connectivity index (χ0n) is 11.3. The molecule has 1 aromatic carbocycles. The lowest BCUT2D eigenvalue weighted by molar-refractivity contribution is 0.443. The van der Waals surface area contributed by atoms with Gasteiger partial charge in [-0.3, -0.25) is 0 Å². The van der Waals surface area contributed by atoms with Gasteiger partial charge in [-0.05, 0) is 37.4 Å². The van der Waals surface area contributed by atoms with Crippen LogP contribution in [0.3, 0.4) is 0 Å². The largest absolute Gasteiger partial charge is 0.314 e. The van der Waals surface area contributed by atoms with Gasteiger partial charge in [-0.25, -0.2) is 8.78 Å². The summed E-state index contributed by atoms with van der Waals surface area (Å²) >= 11 is 0. The third-order valence-corrected chi connectivity index (χ3v) is 3.09. The topological polar surface area (TPSA) is 12.0 Å². The lowest BCUT2D eigenvalue weighted by Gasteiger charge is -2.18. The monoisotopic (exact) mass is 255 g/mol. The number of nitrogens with one attached hydrogen (secondary N) is 1. The van der Waals surface area contributed by atoms with Gasteiger partial charge in [-0.1, -0.05) is 38.8 Å². The lowest BCUT2D eigenvalue weighted by atomic mass is 10.0. The first kappa shape index (κ1) is 15.1. The fraction of sp³-hybridized carbons (Fsp3) is 0.600. The summed E-state index contributed by atoms with van der Waals surface area (Å²) in [7, 11) is 0. The molecule has 0 saturated carbocycles. The Kier molecular flexibility index (Phi) is 6.88. The average molecular weight is 255 g/mol. The molecule has 0 aliphatic heterocycles. The van der Waals surface area contributed by atoms with Crippen LogP contribution in [0.5, 0.6) is 0 Å². The highest BCUT2D eigenvalue weighted by Gasteiger charge is 2.13. The van der Waals surface area contributed by atoms with Gasteiger partial charge in [0.2, 0.25) is 0 Å². The quantitative estimate of drug-likeness (QED) is 0.738. The van der Waals surface area contributed by atoms with Crippen LogP contribution in [0.2, 0.25) is 0 Å². The van der Waals surface area contributed by atoms with Crippen LogP contribution in [0.25, 0.3) is 0 Å². The molecule has 0 heterocycles. The molecule has 0 aliphatic rings. The molecule has 0 spiro atoms. The number of hydrogen-bond donors (Lipinski definition) is 1. The summed E-state index contributed by atoms with van der Waals surface area (Å²) < 4.78 is 26.7. The second-order valence-corrected chi connectivity index (χ2v) is 4.71. The van der Waals surface area contributed by atoms with Gasteiger partial charge in [-0.15, -0.1) is 0 Å². The van der Waals surface area contributed by atoms with Crippen molar-refractivity contribution in [2.45, 2.75) is 52.0 Å². The highest BCUT2D eigenvalue weighted by Crippen LogP contribution is 2.15. The van der Waals surface area contributed by atoms with Crippen LogP contribution < -0.4 is 5.32 Å². The fourth-order valence-electron chi connectivity index (χ4n) is 2.05. The summed E-state index contributed by atoms with van der Waals surface area (Å²) in [6, 6.07) is 4.65. The predicted molar refractivity (Wildman–Crippen MR) is 71.7 cm³/mol. The van der Waals surface area contributed by atoms with Gasteiger partial charge in [0.15, 0.2) is 11.6 Å². The van der Waals surface area contributed by atoms with Gasteiger partial charge in [0.25, 0.3) is 0 Å². The van der Waals surface area contributed by atoms with E-state index in [1.165, 1.54) is 6.07 Å². The predicted octanol–water partition coefficient (Wildman–Crippen LogP) is 4.07. The normalized spacial score (nSPS) is 12.7. The Hall–Kier alpha value is -0.960. The Labute approximate surface area is 109 Å². The zero-order valence-corrected chi connectivity index (χ0v) is 11.3. The summed E-state index contributed by atoms with van der Waals surface area (Å²) in [6.07, 6.45) is 4.85. The van der Waals surface area contributed by atoms with E-state index >= 15 is 0 Å².